The second-order valence-corrected chi connectivity index (χ2v) is 0.960. The van der Waals surface area contributed by atoms with E-state index in [9.17, 15) is 4.79 Å². The lowest BCUT2D eigenvalue weighted by Crippen LogP contribution is -2.22. The molecule has 1 atom stereocenters. The summed E-state index contributed by atoms with van der Waals surface area (Å²) in [5.74, 6) is 0. The van der Waals surface area contributed by atoms with Gasteiger partial charge in [0.2, 0.25) is 6.41 Å². The molecule has 2 N–H and O–H groups in total. The van der Waals surface area contributed by atoms with Crippen molar-refractivity contribution in [1.29, 1.82) is 0 Å². The maximum Gasteiger partial charge on any atom is 0.209 e. The smallest absolute Gasteiger partial charge is 0.209 e. The summed E-state index contributed by atoms with van der Waals surface area (Å²) in [5.41, 5.74) is 0. The average molecular weight is 89.1 g/mol. The molecule has 36 valence electrons. The minimum Gasteiger partial charge on any atom is -0.374 e. The maximum absolute atomic E-state index is 9.34. The Kier molecular flexibility index (Phi) is 2.40. The molecule has 0 unspecified atom stereocenters. The van der Waals surface area contributed by atoms with Gasteiger partial charge in [-0.1, -0.05) is 0 Å². The van der Waals surface area contributed by atoms with Crippen LogP contribution in [0.4, 0.5) is 0 Å². The van der Waals surface area contributed by atoms with E-state index in [1.807, 2.05) is 0 Å². The molecule has 0 spiro atoms. The van der Waals surface area contributed by atoms with Gasteiger partial charge >= 0.3 is 0 Å². The first-order chi connectivity index (χ1) is 2.77. The van der Waals surface area contributed by atoms with Gasteiger partial charge in [0.25, 0.3) is 0 Å². The fourth-order valence-corrected chi connectivity index (χ4v) is 0.0985. The molecule has 0 radical (unpaired) electrons. The van der Waals surface area contributed by atoms with Crippen molar-refractivity contribution in [3.8, 4) is 0 Å². The number of hydrogen-bond acceptors (Lipinski definition) is 2. The van der Waals surface area contributed by atoms with Crippen molar-refractivity contribution in [2.24, 2.45) is 0 Å². The molecular weight excluding hydrogens is 82.0 g/mol. The van der Waals surface area contributed by atoms with Crippen molar-refractivity contribution < 1.29 is 9.90 Å². The van der Waals surface area contributed by atoms with E-state index in [1.165, 1.54) is 6.92 Å². The van der Waals surface area contributed by atoms with E-state index in [1.54, 1.807) is 0 Å². The van der Waals surface area contributed by atoms with E-state index >= 15 is 0 Å². The lowest BCUT2D eigenvalue weighted by atomic mass is 10.7. The first-order valence-corrected chi connectivity index (χ1v) is 1.65. The standard InChI is InChI=1S/C3H7NO2/c1-3(6)4-2-5/h2-3,6H,1H3,(H,4,5)/t3-/m1/s1. The number of aliphatic hydroxyl groups excluding tert-OH is 1. The molecule has 0 aliphatic heterocycles. The molecule has 0 saturated carbocycles. The Hall–Kier alpha value is -0.570. The highest BCUT2D eigenvalue weighted by Crippen LogP contribution is 1.60. The third-order valence-corrected chi connectivity index (χ3v) is 0.309. The van der Waals surface area contributed by atoms with Crippen LogP contribution in [0.3, 0.4) is 0 Å². The molecule has 0 aliphatic rings. The van der Waals surface area contributed by atoms with Crippen LogP contribution in [0.15, 0.2) is 0 Å². The van der Waals surface area contributed by atoms with Gasteiger partial charge in [-0.25, -0.2) is 0 Å². The van der Waals surface area contributed by atoms with Gasteiger partial charge in [0, 0.05) is 0 Å². The molecule has 0 heterocycles. The molecule has 0 aromatic heterocycles. The van der Waals surface area contributed by atoms with Crippen LogP contribution < -0.4 is 5.32 Å². The highest BCUT2D eigenvalue weighted by molar-refractivity contribution is 5.45. The van der Waals surface area contributed by atoms with Crippen molar-refractivity contribution >= 4 is 6.41 Å². The van der Waals surface area contributed by atoms with Crippen molar-refractivity contribution in [1.82, 2.24) is 5.32 Å². The van der Waals surface area contributed by atoms with E-state index in [0.29, 0.717) is 6.41 Å². The van der Waals surface area contributed by atoms with Gasteiger partial charge < -0.3 is 10.4 Å². The van der Waals surface area contributed by atoms with Crippen LogP contribution >= 0.6 is 0 Å². The molecule has 3 nitrogen and oxygen atoms in total. The zero-order valence-electron chi connectivity index (χ0n) is 3.51. The van der Waals surface area contributed by atoms with Crippen LogP contribution in [-0.2, 0) is 4.79 Å². The average Bonchev–Trinajstić information content (AvgIpc) is 1.35. The van der Waals surface area contributed by atoms with Crippen LogP contribution in [0, 0.1) is 0 Å². The summed E-state index contributed by atoms with van der Waals surface area (Å²) < 4.78 is 0. The molecule has 6 heavy (non-hydrogen) atoms. The summed E-state index contributed by atoms with van der Waals surface area (Å²) in [6.45, 7) is 1.47. The SMILES string of the molecule is C[C@@H](O)NC=O. The Labute approximate surface area is 36.0 Å². The molecule has 0 saturated heterocycles. The highest BCUT2D eigenvalue weighted by atomic mass is 16.3. The summed E-state index contributed by atoms with van der Waals surface area (Å²) in [6, 6.07) is 0. The summed E-state index contributed by atoms with van der Waals surface area (Å²) in [5, 5.41) is 10.3. The number of carbonyl (C=O) groups excluding carboxylic acids is 1. The van der Waals surface area contributed by atoms with E-state index in [0.717, 1.165) is 0 Å². The molecule has 0 aliphatic carbocycles. The van der Waals surface area contributed by atoms with Crippen molar-refractivity contribution in [3.05, 3.63) is 0 Å². The molecule has 0 rings (SSSR count). The van der Waals surface area contributed by atoms with Gasteiger partial charge in [0.15, 0.2) is 0 Å². The predicted octanol–water partition coefficient (Wildman–Crippen LogP) is -0.929. The summed E-state index contributed by atoms with van der Waals surface area (Å²) in [4.78, 5) is 9.34. The lowest BCUT2D eigenvalue weighted by Gasteiger charge is -1.95. The molecule has 3 heteroatoms. The van der Waals surface area contributed by atoms with Gasteiger partial charge in [0.1, 0.15) is 6.23 Å². The van der Waals surface area contributed by atoms with Crippen LogP contribution in [0.1, 0.15) is 6.92 Å². The van der Waals surface area contributed by atoms with E-state index in [4.69, 9.17) is 5.11 Å². The van der Waals surface area contributed by atoms with Crippen molar-refractivity contribution in [2.75, 3.05) is 0 Å². The largest absolute Gasteiger partial charge is 0.374 e. The molecule has 0 bridgehead atoms. The summed E-state index contributed by atoms with van der Waals surface area (Å²) in [7, 11) is 0. The summed E-state index contributed by atoms with van der Waals surface area (Å²) in [6.07, 6.45) is -0.271. The molecule has 0 aromatic rings. The Morgan fingerprint density at radius 1 is 2.00 bits per heavy atom. The lowest BCUT2D eigenvalue weighted by molar-refractivity contribution is -0.111. The normalized spacial score (nSPS) is 13.0. The topological polar surface area (TPSA) is 49.3 Å². The van der Waals surface area contributed by atoms with Crippen LogP contribution in [0.2, 0.25) is 0 Å². The number of nitrogens with one attached hydrogen (secondary N) is 1. The predicted molar refractivity (Wildman–Crippen MR) is 20.9 cm³/mol. The number of hydrogen-bond donors (Lipinski definition) is 2. The Balaban J connectivity index is 2.81. The highest BCUT2D eigenvalue weighted by Gasteiger charge is 1.82. The van der Waals surface area contributed by atoms with E-state index in [-0.39, 0.29) is 0 Å². The number of carbonyl (C=O) groups is 1. The first-order valence-electron chi connectivity index (χ1n) is 1.65. The quantitative estimate of drug-likeness (QED) is 0.339. The van der Waals surface area contributed by atoms with Gasteiger partial charge in [-0.15, -0.1) is 0 Å². The minimum absolute atomic E-state index is 0.449. The Bertz CT molecular complexity index is 44.1. The maximum atomic E-state index is 9.34. The molecule has 0 fully saturated rings. The monoisotopic (exact) mass is 89.0 g/mol. The second kappa shape index (κ2) is 2.66. The third-order valence-electron chi connectivity index (χ3n) is 0.309. The van der Waals surface area contributed by atoms with Gasteiger partial charge in [0.05, 0.1) is 0 Å². The fraction of sp³-hybridized carbons (Fsp3) is 0.667. The number of aliphatic hydroxyl groups is 1. The zero-order chi connectivity index (χ0) is 4.99. The minimum atomic E-state index is -0.720. The van der Waals surface area contributed by atoms with E-state index in [2.05, 4.69) is 5.32 Å². The van der Waals surface area contributed by atoms with Crippen LogP contribution in [0.5, 0.6) is 0 Å². The van der Waals surface area contributed by atoms with Crippen LogP contribution in [0.25, 0.3) is 0 Å². The Morgan fingerprint density at radius 3 is 2.50 bits per heavy atom. The van der Waals surface area contributed by atoms with Crippen LogP contribution in [-0.4, -0.2) is 17.7 Å². The van der Waals surface area contributed by atoms with Crippen molar-refractivity contribution in [3.63, 3.8) is 0 Å². The second-order valence-electron chi connectivity index (χ2n) is 0.960. The van der Waals surface area contributed by atoms with Gasteiger partial charge in [-0.3, -0.25) is 4.79 Å². The van der Waals surface area contributed by atoms with Gasteiger partial charge in [-0.2, -0.15) is 0 Å². The number of amides is 1. The number of rotatable bonds is 2. The molecule has 1 amide bonds. The Morgan fingerprint density at radius 2 is 2.50 bits per heavy atom. The van der Waals surface area contributed by atoms with E-state index < -0.39 is 6.23 Å². The summed E-state index contributed by atoms with van der Waals surface area (Å²) >= 11 is 0. The zero-order valence-corrected chi connectivity index (χ0v) is 3.51. The fourth-order valence-electron chi connectivity index (χ4n) is 0.0985. The van der Waals surface area contributed by atoms with Crippen molar-refractivity contribution in [2.45, 2.75) is 13.2 Å². The third kappa shape index (κ3) is 3.43. The molecular formula is C3H7NO2. The first kappa shape index (κ1) is 5.43. The molecule has 0 aromatic carbocycles. The van der Waals surface area contributed by atoms with Gasteiger partial charge in [-0.05, 0) is 6.92 Å².